The van der Waals surface area contributed by atoms with E-state index >= 15 is 0 Å². The molecule has 0 unspecified atom stereocenters. The zero-order chi connectivity index (χ0) is 8.10. The molecular formula is C9H11BrClLiMgO2. The maximum atomic E-state index is 5.05. The van der Waals surface area contributed by atoms with E-state index in [0.717, 1.165) is 5.56 Å². The molecule has 0 aliphatic heterocycles. The van der Waals surface area contributed by atoms with Gasteiger partial charge >= 0.3 is 41.9 Å². The average Bonchev–Trinajstić information content (AvgIpc) is 2.09. The third-order valence-electron chi connectivity index (χ3n) is 1.44. The van der Waals surface area contributed by atoms with E-state index in [-0.39, 0.29) is 77.6 Å². The van der Waals surface area contributed by atoms with Crippen LogP contribution in [-0.4, -0.2) is 37.3 Å². The Kier molecular flexibility index (Phi) is 25.7. The number of ether oxygens (including phenoxy) is 2. The van der Waals surface area contributed by atoms with Crippen LogP contribution in [0.15, 0.2) is 24.3 Å². The van der Waals surface area contributed by atoms with Crippen LogP contribution in [0.4, 0.5) is 0 Å². The molecule has 0 bridgehead atoms. The van der Waals surface area contributed by atoms with Gasteiger partial charge < -0.3 is 38.9 Å². The van der Waals surface area contributed by atoms with E-state index in [1.54, 1.807) is 14.2 Å². The van der Waals surface area contributed by atoms with Crippen LogP contribution >= 0.6 is 0 Å². The van der Waals surface area contributed by atoms with Gasteiger partial charge in [0.25, 0.3) is 0 Å². The molecule has 0 spiro atoms. The monoisotopic (exact) mass is 296 g/mol. The number of halogens is 2. The van der Waals surface area contributed by atoms with Gasteiger partial charge in [0.1, 0.15) is 0 Å². The van der Waals surface area contributed by atoms with Gasteiger partial charge in [0, 0.05) is 14.2 Å². The summed E-state index contributed by atoms with van der Waals surface area (Å²) in [6, 6.07) is 10.4. The van der Waals surface area contributed by atoms with Crippen LogP contribution < -0.4 is 48.2 Å². The molecule has 0 saturated heterocycles. The first-order valence-electron chi connectivity index (χ1n) is 3.40. The minimum Gasteiger partial charge on any atom is -1.00 e. The van der Waals surface area contributed by atoms with E-state index in [1.807, 2.05) is 24.3 Å². The fourth-order valence-electron chi connectivity index (χ4n) is 0.925. The van der Waals surface area contributed by atoms with Crippen LogP contribution in [0, 0.1) is 6.07 Å². The summed E-state index contributed by atoms with van der Waals surface area (Å²) in [6.07, 6.45) is -0.260. The van der Waals surface area contributed by atoms with Crippen molar-refractivity contribution in [2.45, 2.75) is 6.29 Å². The van der Waals surface area contributed by atoms with E-state index in [4.69, 9.17) is 9.47 Å². The van der Waals surface area contributed by atoms with Crippen LogP contribution in [0.2, 0.25) is 0 Å². The van der Waals surface area contributed by atoms with Crippen molar-refractivity contribution in [3.63, 3.8) is 0 Å². The zero-order valence-electron chi connectivity index (χ0n) is 9.17. The molecule has 0 aliphatic carbocycles. The fraction of sp³-hybridized carbons (Fsp3) is 0.333. The fourth-order valence-corrected chi connectivity index (χ4v) is 0.925. The van der Waals surface area contributed by atoms with Gasteiger partial charge in [0.15, 0.2) is 6.29 Å². The predicted octanol–water partition coefficient (Wildman–Crippen LogP) is -7.59. The molecule has 1 aromatic carbocycles. The largest absolute Gasteiger partial charge is 2.00 e. The minimum atomic E-state index is -0.260. The summed E-state index contributed by atoms with van der Waals surface area (Å²) in [5, 5.41) is 0. The Hall–Kier alpha value is 1.27. The molecular weight excluding hydrogens is 287 g/mol. The van der Waals surface area contributed by atoms with Crippen molar-refractivity contribution in [1.82, 2.24) is 0 Å². The topological polar surface area (TPSA) is 18.5 Å². The van der Waals surface area contributed by atoms with Gasteiger partial charge in [-0.1, -0.05) is 0 Å². The quantitative estimate of drug-likeness (QED) is 0.314. The summed E-state index contributed by atoms with van der Waals surface area (Å²) in [5.74, 6) is 0. The number of rotatable bonds is 3. The van der Waals surface area contributed by atoms with E-state index < -0.39 is 0 Å². The molecule has 6 heteroatoms. The molecule has 1 aromatic rings. The summed E-state index contributed by atoms with van der Waals surface area (Å²) in [4.78, 5) is 0. The molecule has 1 rings (SSSR count). The minimum absolute atomic E-state index is 0. The van der Waals surface area contributed by atoms with Crippen LogP contribution in [-0.2, 0) is 9.47 Å². The van der Waals surface area contributed by atoms with Crippen LogP contribution in [0.25, 0.3) is 0 Å². The Labute approximate surface area is 136 Å². The van der Waals surface area contributed by atoms with E-state index in [1.165, 1.54) is 0 Å². The van der Waals surface area contributed by atoms with E-state index in [0.29, 0.717) is 0 Å². The molecule has 0 fully saturated rings. The van der Waals surface area contributed by atoms with Gasteiger partial charge in [-0.25, -0.2) is 0 Å². The second-order valence-electron chi connectivity index (χ2n) is 2.14. The van der Waals surface area contributed by atoms with Crippen molar-refractivity contribution >= 4 is 23.1 Å². The first kappa shape index (κ1) is 25.2. The first-order valence-corrected chi connectivity index (χ1v) is 3.40. The first-order chi connectivity index (χ1) is 5.38. The van der Waals surface area contributed by atoms with Gasteiger partial charge in [0.05, 0.1) is 0 Å². The van der Waals surface area contributed by atoms with Crippen LogP contribution in [0.1, 0.15) is 11.9 Å². The standard InChI is InChI=1S/C9H11O2.BrH.ClH.Li.Mg/c1-10-9(11-2)8-6-4-3-5-7-8;;;;/h4-7,9H,1-2H3;2*1H;;/q-1;;;+1;+2/p-2. The molecule has 76 valence electrons. The normalized spacial score (nSPS) is 7.67. The van der Waals surface area contributed by atoms with Crippen molar-refractivity contribution in [3.05, 3.63) is 35.9 Å². The smallest absolute Gasteiger partial charge is 1.00 e. The van der Waals surface area contributed by atoms with Gasteiger partial charge in [-0.05, 0) is 0 Å². The molecule has 0 saturated carbocycles. The molecule has 15 heavy (non-hydrogen) atoms. The van der Waals surface area contributed by atoms with Crippen molar-refractivity contribution in [2.75, 3.05) is 14.2 Å². The molecule has 0 aromatic heterocycles. The SMILES string of the molecule is COC(OC)c1cc[c-]cc1.[Br-].[Cl-].[Li+].[Mg+2]. The second kappa shape index (κ2) is 15.3. The molecule has 0 aliphatic rings. The molecule has 0 radical (unpaired) electrons. The summed E-state index contributed by atoms with van der Waals surface area (Å²) in [5.41, 5.74) is 1.01. The number of methoxy groups -OCH3 is 2. The summed E-state index contributed by atoms with van der Waals surface area (Å²) in [6.45, 7) is 0. The maximum Gasteiger partial charge on any atom is 2.00 e. The third-order valence-corrected chi connectivity index (χ3v) is 1.44. The molecule has 2 nitrogen and oxygen atoms in total. The molecule has 0 atom stereocenters. The Bertz CT molecular complexity index is 213. The van der Waals surface area contributed by atoms with Gasteiger partial charge in [-0.2, -0.15) is 30.3 Å². The molecule has 0 heterocycles. The van der Waals surface area contributed by atoms with Crippen molar-refractivity contribution in [1.29, 1.82) is 0 Å². The zero-order valence-corrected chi connectivity index (χ0v) is 12.9. The summed E-state index contributed by atoms with van der Waals surface area (Å²) >= 11 is 0. The van der Waals surface area contributed by atoms with Crippen molar-refractivity contribution < 1.29 is 57.7 Å². The molecule has 0 amide bonds. The Morgan fingerprint density at radius 2 is 1.53 bits per heavy atom. The number of benzene rings is 1. The van der Waals surface area contributed by atoms with Crippen LogP contribution in [0.3, 0.4) is 0 Å². The molecule has 0 N–H and O–H groups in total. The predicted molar refractivity (Wildman–Crippen MR) is 47.8 cm³/mol. The number of hydrogen-bond donors (Lipinski definition) is 0. The summed E-state index contributed by atoms with van der Waals surface area (Å²) in [7, 11) is 3.23. The Morgan fingerprint density at radius 1 is 1.13 bits per heavy atom. The maximum absolute atomic E-state index is 5.05. The second-order valence-corrected chi connectivity index (χ2v) is 2.14. The van der Waals surface area contributed by atoms with Crippen molar-refractivity contribution in [3.8, 4) is 0 Å². The Morgan fingerprint density at radius 3 is 1.87 bits per heavy atom. The van der Waals surface area contributed by atoms with Gasteiger partial charge in [0.2, 0.25) is 0 Å². The van der Waals surface area contributed by atoms with E-state index in [2.05, 4.69) is 6.07 Å². The van der Waals surface area contributed by atoms with Crippen LogP contribution in [0.5, 0.6) is 0 Å². The van der Waals surface area contributed by atoms with Gasteiger partial charge in [-0.3, -0.25) is 0 Å². The number of hydrogen-bond acceptors (Lipinski definition) is 2. The van der Waals surface area contributed by atoms with Crippen molar-refractivity contribution in [2.24, 2.45) is 0 Å². The van der Waals surface area contributed by atoms with E-state index in [9.17, 15) is 0 Å². The Balaban J connectivity index is -0.000000151. The third kappa shape index (κ3) is 9.02. The summed E-state index contributed by atoms with van der Waals surface area (Å²) < 4.78 is 10.1. The van der Waals surface area contributed by atoms with Gasteiger partial charge in [-0.15, -0.1) is 5.56 Å². The average molecular weight is 298 g/mol.